The number of alkyl halides is 3. The van der Waals surface area contributed by atoms with Crippen LogP contribution in [0.3, 0.4) is 0 Å². The number of aromatic nitrogens is 2. The summed E-state index contributed by atoms with van der Waals surface area (Å²) in [6.45, 7) is 5.08. The van der Waals surface area contributed by atoms with Crippen molar-refractivity contribution in [3.05, 3.63) is 59.2 Å². The van der Waals surface area contributed by atoms with Gasteiger partial charge >= 0.3 is 12.1 Å². The van der Waals surface area contributed by atoms with Crippen LogP contribution in [0.1, 0.15) is 43.3 Å². The van der Waals surface area contributed by atoms with Gasteiger partial charge in [-0.25, -0.2) is 4.98 Å². The molecule has 1 heterocycles. The molecule has 0 N–H and O–H groups in total. The van der Waals surface area contributed by atoms with Gasteiger partial charge in [-0.2, -0.15) is 13.2 Å². The molecule has 0 bridgehead atoms. The van der Waals surface area contributed by atoms with Gasteiger partial charge in [-0.1, -0.05) is 18.1 Å². The molecule has 0 spiro atoms. The Morgan fingerprint density at radius 1 is 1.12 bits per heavy atom. The molecule has 0 saturated heterocycles. The number of carbonyl (C=O) groups is 1. The molecule has 26 heavy (non-hydrogen) atoms. The van der Waals surface area contributed by atoms with Crippen molar-refractivity contribution in [2.45, 2.75) is 32.4 Å². The average Bonchev–Trinajstić information content (AvgIpc) is 2.60. The summed E-state index contributed by atoms with van der Waals surface area (Å²) in [4.78, 5) is 20.4. The molecular weight excluding hydrogens is 345 g/mol. The van der Waals surface area contributed by atoms with Gasteiger partial charge in [0.1, 0.15) is 11.1 Å². The van der Waals surface area contributed by atoms with E-state index in [1.54, 1.807) is 20.8 Å². The number of ether oxygens (including phenoxy) is 1. The Bertz CT molecular complexity index is 865. The monoisotopic (exact) mass is 362 g/mol. The summed E-state index contributed by atoms with van der Waals surface area (Å²) in [7, 11) is 0. The van der Waals surface area contributed by atoms with E-state index in [0.29, 0.717) is 0 Å². The summed E-state index contributed by atoms with van der Waals surface area (Å²) < 4.78 is 44.3. The van der Waals surface area contributed by atoms with Crippen LogP contribution in [0.5, 0.6) is 0 Å². The molecule has 2 aromatic rings. The highest BCUT2D eigenvalue weighted by molar-refractivity contribution is 5.82. The highest BCUT2D eigenvalue weighted by Crippen LogP contribution is 2.31. The Morgan fingerprint density at radius 3 is 2.42 bits per heavy atom. The standard InChI is InChI=1S/C19H17F3N2O2/c1-4-26-17(25)18(2,3)16-15(23-11-12-24-16)10-9-13-7-5-6-8-14(13)19(20,21)22/h5-8,11-12H,4H2,1-3H3. The zero-order valence-corrected chi connectivity index (χ0v) is 14.5. The van der Waals surface area contributed by atoms with E-state index in [2.05, 4.69) is 21.8 Å². The van der Waals surface area contributed by atoms with Gasteiger partial charge in [0.2, 0.25) is 0 Å². The lowest BCUT2D eigenvalue weighted by Gasteiger charge is -2.22. The molecule has 7 heteroatoms. The van der Waals surface area contributed by atoms with Crippen molar-refractivity contribution in [2.24, 2.45) is 0 Å². The fourth-order valence-electron chi connectivity index (χ4n) is 2.26. The summed E-state index contributed by atoms with van der Waals surface area (Å²) in [5, 5.41) is 0. The van der Waals surface area contributed by atoms with Crippen LogP contribution in [0.2, 0.25) is 0 Å². The van der Waals surface area contributed by atoms with Crippen LogP contribution >= 0.6 is 0 Å². The molecule has 1 aromatic heterocycles. The third kappa shape index (κ3) is 4.20. The van der Waals surface area contributed by atoms with E-state index in [4.69, 9.17) is 4.74 Å². The molecule has 0 saturated carbocycles. The van der Waals surface area contributed by atoms with Crippen LogP contribution in [-0.4, -0.2) is 22.5 Å². The molecule has 0 aliphatic carbocycles. The van der Waals surface area contributed by atoms with E-state index in [1.807, 2.05) is 0 Å². The average molecular weight is 362 g/mol. The number of rotatable bonds is 3. The quantitative estimate of drug-likeness (QED) is 0.617. The van der Waals surface area contributed by atoms with Gasteiger partial charge in [0.25, 0.3) is 0 Å². The third-order valence-electron chi connectivity index (χ3n) is 3.62. The van der Waals surface area contributed by atoms with E-state index in [1.165, 1.54) is 30.6 Å². The number of benzene rings is 1. The van der Waals surface area contributed by atoms with E-state index < -0.39 is 23.1 Å². The molecule has 0 aliphatic rings. The molecule has 0 amide bonds. The summed E-state index contributed by atoms with van der Waals surface area (Å²) >= 11 is 0. The SMILES string of the molecule is CCOC(=O)C(C)(C)c1nccnc1C#Cc1ccccc1C(F)(F)F. The molecule has 4 nitrogen and oxygen atoms in total. The first-order chi connectivity index (χ1) is 12.2. The predicted octanol–water partition coefficient (Wildman–Crippen LogP) is 3.74. The second kappa shape index (κ2) is 7.56. The molecule has 0 fully saturated rings. The number of nitrogens with zero attached hydrogens (tertiary/aromatic N) is 2. The maximum atomic E-state index is 13.1. The number of hydrogen-bond acceptors (Lipinski definition) is 4. The molecule has 2 rings (SSSR count). The molecule has 0 unspecified atom stereocenters. The van der Waals surface area contributed by atoms with Crippen molar-refractivity contribution >= 4 is 5.97 Å². The highest BCUT2D eigenvalue weighted by atomic mass is 19.4. The summed E-state index contributed by atoms with van der Waals surface area (Å²) in [6.07, 6.45) is -1.75. The van der Waals surface area contributed by atoms with Gasteiger partial charge < -0.3 is 4.74 Å². The minimum absolute atomic E-state index is 0.127. The van der Waals surface area contributed by atoms with E-state index in [0.717, 1.165) is 6.07 Å². The van der Waals surface area contributed by atoms with Crippen LogP contribution < -0.4 is 0 Å². The minimum Gasteiger partial charge on any atom is -0.465 e. The van der Waals surface area contributed by atoms with Crippen molar-refractivity contribution < 1.29 is 22.7 Å². The Labute approximate surface area is 149 Å². The fourth-order valence-corrected chi connectivity index (χ4v) is 2.26. The van der Waals surface area contributed by atoms with E-state index in [-0.39, 0.29) is 23.6 Å². The first kappa shape index (κ1) is 19.4. The van der Waals surface area contributed by atoms with Crippen LogP contribution in [0.4, 0.5) is 13.2 Å². The second-order valence-electron chi connectivity index (χ2n) is 5.89. The van der Waals surface area contributed by atoms with Gasteiger partial charge in [-0.3, -0.25) is 9.78 Å². The summed E-state index contributed by atoms with van der Waals surface area (Å²) in [5.74, 6) is 4.59. The largest absolute Gasteiger partial charge is 0.465 e. The lowest BCUT2D eigenvalue weighted by atomic mass is 9.87. The zero-order chi connectivity index (χ0) is 19.4. The topological polar surface area (TPSA) is 52.1 Å². The first-order valence-corrected chi connectivity index (χ1v) is 7.85. The van der Waals surface area contributed by atoms with Gasteiger partial charge in [-0.05, 0) is 38.8 Å². The molecule has 136 valence electrons. The number of carbonyl (C=O) groups excluding carboxylic acids is 1. The molecule has 0 atom stereocenters. The Morgan fingerprint density at radius 2 is 1.77 bits per heavy atom. The van der Waals surface area contributed by atoms with E-state index >= 15 is 0 Å². The number of esters is 1. The maximum Gasteiger partial charge on any atom is 0.417 e. The van der Waals surface area contributed by atoms with Crippen molar-refractivity contribution in [1.29, 1.82) is 0 Å². The van der Waals surface area contributed by atoms with Gasteiger partial charge in [0.15, 0.2) is 0 Å². The van der Waals surface area contributed by atoms with Crippen LogP contribution in [0.25, 0.3) is 0 Å². The van der Waals surface area contributed by atoms with Crippen molar-refractivity contribution in [1.82, 2.24) is 9.97 Å². The Kier molecular flexibility index (Phi) is 5.66. The van der Waals surface area contributed by atoms with Crippen molar-refractivity contribution in [3.8, 4) is 11.8 Å². The predicted molar refractivity (Wildman–Crippen MR) is 89.1 cm³/mol. The van der Waals surface area contributed by atoms with Crippen molar-refractivity contribution in [3.63, 3.8) is 0 Å². The van der Waals surface area contributed by atoms with Crippen LogP contribution in [0.15, 0.2) is 36.7 Å². The first-order valence-electron chi connectivity index (χ1n) is 7.85. The third-order valence-corrected chi connectivity index (χ3v) is 3.62. The van der Waals surface area contributed by atoms with E-state index in [9.17, 15) is 18.0 Å². The second-order valence-corrected chi connectivity index (χ2v) is 5.89. The maximum absolute atomic E-state index is 13.1. The van der Waals surface area contributed by atoms with Gasteiger partial charge in [-0.15, -0.1) is 0 Å². The summed E-state index contributed by atoms with van der Waals surface area (Å²) in [5.41, 5.74) is -1.77. The zero-order valence-electron chi connectivity index (χ0n) is 14.5. The number of hydrogen-bond donors (Lipinski definition) is 0. The molecule has 1 aromatic carbocycles. The molecular formula is C19H17F3N2O2. The van der Waals surface area contributed by atoms with Gasteiger partial charge in [0, 0.05) is 18.0 Å². The van der Waals surface area contributed by atoms with Crippen LogP contribution in [0, 0.1) is 11.8 Å². The Hall–Kier alpha value is -2.88. The number of halogens is 3. The molecule has 0 radical (unpaired) electrons. The lowest BCUT2D eigenvalue weighted by Crippen LogP contribution is -2.33. The smallest absolute Gasteiger partial charge is 0.417 e. The Balaban J connectivity index is 2.50. The lowest BCUT2D eigenvalue weighted by molar-refractivity contribution is -0.149. The fraction of sp³-hybridized carbons (Fsp3) is 0.316. The normalized spacial score (nSPS) is 11.5. The van der Waals surface area contributed by atoms with Crippen molar-refractivity contribution in [2.75, 3.05) is 6.61 Å². The molecule has 0 aliphatic heterocycles. The summed E-state index contributed by atoms with van der Waals surface area (Å²) in [6, 6.07) is 5.01. The highest BCUT2D eigenvalue weighted by Gasteiger charge is 2.35. The minimum atomic E-state index is -4.51. The van der Waals surface area contributed by atoms with Gasteiger partial charge in [0.05, 0.1) is 17.9 Å². The van der Waals surface area contributed by atoms with Crippen LogP contribution in [-0.2, 0) is 21.1 Å².